The monoisotopic (exact) mass is 218 g/mol. The number of hydrogen-bond acceptors (Lipinski definition) is 4. The van der Waals surface area contributed by atoms with Gasteiger partial charge in [-0.2, -0.15) is 0 Å². The van der Waals surface area contributed by atoms with Crippen LogP contribution in [0.5, 0.6) is 0 Å². The number of fused-ring (bicyclic) bond motifs is 2. The van der Waals surface area contributed by atoms with Crippen LogP contribution in [0.25, 0.3) is 0 Å². The molecule has 3 atom stereocenters. The minimum atomic E-state index is 0.367. The lowest BCUT2D eigenvalue weighted by Gasteiger charge is -2.28. The Morgan fingerprint density at radius 2 is 2.06 bits per heavy atom. The maximum absolute atomic E-state index is 3.54. The van der Waals surface area contributed by atoms with E-state index in [-0.39, 0.29) is 0 Å². The zero-order valence-corrected chi connectivity index (χ0v) is 9.70. The first-order valence-corrected chi connectivity index (χ1v) is 5.84. The Balaban J connectivity index is 1.99. The van der Waals surface area contributed by atoms with Crippen molar-refractivity contribution in [3.05, 3.63) is 24.3 Å². The average Bonchev–Trinajstić information content (AvgIpc) is 2.60. The summed E-state index contributed by atoms with van der Waals surface area (Å²) in [6.07, 6.45) is 0.367. The van der Waals surface area contributed by atoms with Crippen LogP contribution in [0.15, 0.2) is 24.3 Å². The molecule has 3 unspecified atom stereocenters. The van der Waals surface area contributed by atoms with Crippen molar-refractivity contribution < 1.29 is 0 Å². The lowest BCUT2D eigenvalue weighted by atomic mass is 10.0. The fourth-order valence-corrected chi connectivity index (χ4v) is 2.69. The van der Waals surface area contributed by atoms with E-state index in [1.54, 1.807) is 0 Å². The van der Waals surface area contributed by atoms with E-state index in [0.29, 0.717) is 18.1 Å². The first-order chi connectivity index (χ1) is 7.77. The predicted molar refractivity (Wildman–Crippen MR) is 66.3 cm³/mol. The number of nitrogens with one attached hydrogen (secondary N) is 3. The van der Waals surface area contributed by atoms with Gasteiger partial charge in [-0.3, -0.25) is 5.43 Å². The van der Waals surface area contributed by atoms with Gasteiger partial charge in [0.05, 0.1) is 17.5 Å². The summed E-state index contributed by atoms with van der Waals surface area (Å²) in [7, 11) is 2.15. The number of benzene rings is 1. The molecule has 16 heavy (non-hydrogen) atoms. The van der Waals surface area contributed by atoms with Crippen molar-refractivity contribution in [2.24, 2.45) is 5.92 Å². The lowest BCUT2D eigenvalue weighted by molar-refractivity contribution is 0.445. The molecule has 86 valence electrons. The van der Waals surface area contributed by atoms with E-state index in [1.165, 1.54) is 11.4 Å². The maximum Gasteiger partial charge on any atom is 0.0980 e. The Bertz CT molecular complexity index is 392. The van der Waals surface area contributed by atoms with Crippen LogP contribution in [-0.4, -0.2) is 25.8 Å². The van der Waals surface area contributed by atoms with Gasteiger partial charge in [0.25, 0.3) is 0 Å². The Morgan fingerprint density at radius 1 is 1.25 bits per heavy atom. The summed E-state index contributed by atoms with van der Waals surface area (Å²) in [4.78, 5) is 2.32. The number of anilines is 2. The third-order valence-electron chi connectivity index (χ3n) is 3.74. The van der Waals surface area contributed by atoms with Gasteiger partial charge in [-0.1, -0.05) is 12.1 Å². The highest BCUT2D eigenvalue weighted by atomic mass is 15.5. The number of hydrogen-bond donors (Lipinski definition) is 3. The van der Waals surface area contributed by atoms with Crippen molar-refractivity contribution in [2.75, 3.05) is 23.8 Å². The third kappa shape index (κ3) is 1.37. The molecule has 2 aliphatic rings. The number of para-hydroxylation sites is 2. The van der Waals surface area contributed by atoms with Crippen LogP contribution in [0, 0.1) is 5.92 Å². The highest BCUT2D eigenvalue weighted by Gasteiger charge is 2.37. The van der Waals surface area contributed by atoms with Gasteiger partial charge in [0.15, 0.2) is 0 Å². The Morgan fingerprint density at radius 3 is 2.94 bits per heavy atom. The quantitative estimate of drug-likeness (QED) is 0.607. The van der Waals surface area contributed by atoms with Gasteiger partial charge in [0, 0.05) is 25.6 Å². The van der Waals surface area contributed by atoms with E-state index < -0.39 is 0 Å². The standard InChI is InChI=1S/C12H18N4/c1-8-9-7-13-10-5-3-4-6-11(10)16(2)12(9)15-14-8/h3-6,8-9,12-15H,7H2,1-2H3. The molecule has 4 nitrogen and oxygen atoms in total. The minimum Gasteiger partial charge on any atom is -0.383 e. The second-order valence-corrected chi connectivity index (χ2v) is 4.69. The van der Waals surface area contributed by atoms with Crippen LogP contribution in [0.4, 0.5) is 11.4 Å². The van der Waals surface area contributed by atoms with Crippen molar-refractivity contribution in [1.29, 1.82) is 0 Å². The van der Waals surface area contributed by atoms with Gasteiger partial charge >= 0.3 is 0 Å². The summed E-state index contributed by atoms with van der Waals surface area (Å²) in [5, 5.41) is 3.54. The highest BCUT2D eigenvalue weighted by molar-refractivity contribution is 5.71. The highest BCUT2D eigenvalue weighted by Crippen LogP contribution is 2.32. The maximum atomic E-state index is 3.54. The summed E-state index contributed by atoms with van der Waals surface area (Å²) in [6.45, 7) is 3.23. The average molecular weight is 218 g/mol. The molecule has 0 aromatic heterocycles. The number of rotatable bonds is 0. The smallest absolute Gasteiger partial charge is 0.0980 e. The number of nitrogens with zero attached hydrogens (tertiary/aromatic N) is 1. The SMILES string of the molecule is CC1NNC2C1CNc1ccccc1N2C. The molecule has 0 amide bonds. The van der Waals surface area contributed by atoms with E-state index in [1.807, 2.05) is 0 Å². The van der Waals surface area contributed by atoms with Crippen molar-refractivity contribution in [1.82, 2.24) is 10.9 Å². The molecular weight excluding hydrogens is 200 g/mol. The van der Waals surface area contributed by atoms with Gasteiger partial charge in [-0.15, -0.1) is 0 Å². The van der Waals surface area contributed by atoms with E-state index >= 15 is 0 Å². The molecule has 1 saturated heterocycles. The van der Waals surface area contributed by atoms with Gasteiger partial charge in [-0.25, -0.2) is 5.43 Å². The van der Waals surface area contributed by atoms with Crippen LogP contribution in [0.3, 0.4) is 0 Å². The third-order valence-corrected chi connectivity index (χ3v) is 3.74. The summed E-state index contributed by atoms with van der Waals surface area (Å²) >= 11 is 0. The summed E-state index contributed by atoms with van der Waals surface area (Å²) in [5.74, 6) is 0.581. The topological polar surface area (TPSA) is 39.3 Å². The number of hydrazine groups is 1. The van der Waals surface area contributed by atoms with Crippen LogP contribution in [-0.2, 0) is 0 Å². The lowest BCUT2D eigenvalue weighted by Crippen LogP contribution is -2.45. The molecule has 2 aliphatic heterocycles. The molecule has 0 radical (unpaired) electrons. The van der Waals surface area contributed by atoms with Crippen LogP contribution in [0.2, 0.25) is 0 Å². The van der Waals surface area contributed by atoms with Crippen molar-refractivity contribution in [2.45, 2.75) is 19.1 Å². The molecule has 0 saturated carbocycles. The largest absolute Gasteiger partial charge is 0.383 e. The van der Waals surface area contributed by atoms with Crippen LogP contribution in [0.1, 0.15) is 6.92 Å². The minimum absolute atomic E-state index is 0.367. The van der Waals surface area contributed by atoms with Crippen molar-refractivity contribution in [3.8, 4) is 0 Å². The fourth-order valence-electron chi connectivity index (χ4n) is 2.69. The molecule has 3 N–H and O–H groups in total. The van der Waals surface area contributed by atoms with Crippen LogP contribution < -0.4 is 21.1 Å². The zero-order valence-electron chi connectivity index (χ0n) is 9.70. The molecule has 0 bridgehead atoms. The molecule has 0 aliphatic carbocycles. The van der Waals surface area contributed by atoms with E-state index in [2.05, 4.69) is 59.3 Å². The van der Waals surface area contributed by atoms with Gasteiger partial charge in [0.2, 0.25) is 0 Å². The molecule has 4 heteroatoms. The fraction of sp³-hybridized carbons (Fsp3) is 0.500. The molecule has 1 aromatic rings. The van der Waals surface area contributed by atoms with Gasteiger partial charge < -0.3 is 10.2 Å². The molecule has 1 fully saturated rings. The Hall–Kier alpha value is -1.26. The Labute approximate surface area is 96.0 Å². The van der Waals surface area contributed by atoms with Crippen LogP contribution >= 0.6 is 0 Å². The Kier molecular flexibility index (Phi) is 2.26. The molecule has 0 spiro atoms. The van der Waals surface area contributed by atoms with E-state index in [0.717, 1.165) is 6.54 Å². The molecule has 3 rings (SSSR count). The summed E-state index contributed by atoms with van der Waals surface area (Å²) in [6, 6.07) is 8.97. The van der Waals surface area contributed by atoms with E-state index in [4.69, 9.17) is 0 Å². The summed E-state index contributed by atoms with van der Waals surface area (Å²) < 4.78 is 0. The van der Waals surface area contributed by atoms with Crippen molar-refractivity contribution >= 4 is 11.4 Å². The summed E-state index contributed by atoms with van der Waals surface area (Å²) in [5.41, 5.74) is 9.19. The molecule has 1 aromatic carbocycles. The van der Waals surface area contributed by atoms with Crippen molar-refractivity contribution in [3.63, 3.8) is 0 Å². The first kappa shape index (κ1) is 9.93. The van der Waals surface area contributed by atoms with Gasteiger partial charge in [0.1, 0.15) is 0 Å². The molecule has 2 heterocycles. The second kappa shape index (κ2) is 3.64. The zero-order chi connectivity index (χ0) is 11.1. The van der Waals surface area contributed by atoms with Gasteiger partial charge in [-0.05, 0) is 19.1 Å². The second-order valence-electron chi connectivity index (χ2n) is 4.69. The van der Waals surface area contributed by atoms with E-state index in [9.17, 15) is 0 Å². The first-order valence-electron chi connectivity index (χ1n) is 5.84. The predicted octanol–water partition coefficient (Wildman–Crippen LogP) is 0.987. The normalized spacial score (nSPS) is 32.6. The molecular formula is C12H18N4.